The molecule has 0 spiro atoms. The third kappa shape index (κ3) is 4.59. The number of nitrogens with zero attached hydrogens (tertiary/aromatic N) is 4. The average Bonchev–Trinajstić information content (AvgIpc) is 2.87. The molecule has 2 heterocycles. The van der Waals surface area contributed by atoms with Gasteiger partial charge in [-0.25, -0.2) is 18.2 Å². The topological polar surface area (TPSA) is 87.5 Å². The molecule has 1 aliphatic rings. The third-order valence-electron chi connectivity index (χ3n) is 4.91. The Hall–Kier alpha value is -2.60. The number of nitrogens with one attached hydrogen (secondary N) is 1. The minimum atomic E-state index is -4.60. The molecule has 1 aromatic heterocycles. The van der Waals surface area contributed by atoms with Gasteiger partial charge in [0, 0.05) is 39.4 Å². The Labute approximate surface area is 172 Å². The molecule has 3 rings (SSSR count). The van der Waals surface area contributed by atoms with Crippen LogP contribution in [0.5, 0.6) is 0 Å². The normalized spacial score (nSPS) is 16.4. The van der Waals surface area contributed by atoms with Gasteiger partial charge < -0.3 is 14.8 Å². The minimum absolute atomic E-state index is 0.0201. The van der Waals surface area contributed by atoms with Crippen LogP contribution in [0.15, 0.2) is 35.5 Å². The van der Waals surface area contributed by atoms with E-state index < -0.39 is 27.8 Å². The molecule has 164 valence electrons. The number of carbonyl (C=O) groups excluding carboxylic acids is 1. The summed E-state index contributed by atoms with van der Waals surface area (Å²) in [5.41, 5.74) is -1.28. The molecule has 8 nitrogen and oxygen atoms in total. The molecule has 12 heteroatoms. The van der Waals surface area contributed by atoms with E-state index >= 15 is 0 Å². The van der Waals surface area contributed by atoms with Gasteiger partial charge in [-0.1, -0.05) is 12.1 Å². The molecule has 0 radical (unpaired) electrons. The summed E-state index contributed by atoms with van der Waals surface area (Å²) in [4.78, 5) is 17.9. The van der Waals surface area contributed by atoms with Crippen LogP contribution in [0, 0.1) is 6.92 Å². The van der Waals surface area contributed by atoms with Gasteiger partial charge in [-0.2, -0.15) is 17.5 Å². The van der Waals surface area contributed by atoms with Crippen molar-refractivity contribution >= 4 is 21.7 Å². The fourth-order valence-electron chi connectivity index (χ4n) is 3.15. The van der Waals surface area contributed by atoms with E-state index in [1.807, 2.05) is 0 Å². The van der Waals surface area contributed by atoms with E-state index in [1.54, 1.807) is 18.5 Å². The van der Waals surface area contributed by atoms with Crippen LogP contribution in [0.2, 0.25) is 0 Å². The van der Waals surface area contributed by atoms with Crippen molar-refractivity contribution in [3.63, 3.8) is 0 Å². The smallest absolute Gasteiger partial charge is 0.337 e. The first kappa shape index (κ1) is 22.1. The molecule has 0 saturated carbocycles. The third-order valence-corrected chi connectivity index (χ3v) is 6.68. The Balaban J connectivity index is 1.71. The number of alkyl halides is 3. The summed E-state index contributed by atoms with van der Waals surface area (Å²) in [6.45, 7) is 2.15. The summed E-state index contributed by atoms with van der Waals surface area (Å²) in [5, 5.41) is 2.22. The maximum absolute atomic E-state index is 13.1. The summed E-state index contributed by atoms with van der Waals surface area (Å²) in [6.07, 6.45) is -2.83. The largest absolute Gasteiger partial charge is 0.418 e. The van der Waals surface area contributed by atoms with Crippen molar-refractivity contribution in [1.29, 1.82) is 0 Å². The Morgan fingerprint density at radius 3 is 2.47 bits per heavy atom. The van der Waals surface area contributed by atoms with Crippen molar-refractivity contribution in [2.45, 2.75) is 24.5 Å². The zero-order valence-corrected chi connectivity index (χ0v) is 17.3. The number of hydrogen-bond donors (Lipinski definition) is 1. The standard InChI is InChI=1S/C18H22F3N5O3S/c1-13-22-16(12-24(13)2)30(28,29)26-9-5-8-25(10-11-26)17(27)23-15-7-4-3-6-14(15)18(19,20)21/h3-4,6-7,12H,5,8-11H2,1-2H3,(H,23,27). The van der Waals surface area contributed by atoms with Crippen molar-refractivity contribution < 1.29 is 26.4 Å². The summed E-state index contributed by atoms with van der Waals surface area (Å²) in [5.74, 6) is 0.549. The molecular formula is C18H22F3N5O3S. The molecule has 1 N–H and O–H groups in total. The lowest BCUT2D eigenvalue weighted by molar-refractivity contribution is -0.136. The molecule has 30 heavy (non-hydrogen) atoms. The fraction of sp³-hybridized carbons (Fsp3) is 0.444. The van der Waals surface area contributed by atoms with Crippen molar-refractivity contribution in [1.82, 2.24) is 18.8 Å². The fourth-order valence-corrected chi connectivity index (χ4v) is 4.65. The predicted octanol–water partition coefficient (Wildman–Crippen LogP) is 2.68. The quantitative estimate of drug-likeness (QED) is 0.787. The molecule has 1 fully saturated rings. The van der Waals surface area contributed by atoms with E-state index in [2.05, 4.69) is 10.3 Å². The van der Waals surface area contributed by atoms with E-state index in [0.717, 1.165) is 6.07 Å². The number of hydrogen-bond acceptors (Lipinski definition) is 4. The number of rotatable bonds is 3. The molecule has 1 aromatic carbocycles. The molecule has 2 aromatic rings. The second-order valence-corrected chi connectivity index (χ2v) is 8.84. The van der Waals surface area contributed by atoms with Crippen molar-refractivity contribution in [2.24, 2.45) is 7.05 Å². The highest BCUT2D eigenvalue weighted by Crippen LogP contribution is 2.34. The molecule has 0 atom stereocenters. The lowest BCUT2D eigenvalue weighted by Crippen LogP contribution is -2.39. The Bertz CT molecular complexity index is 1020. The predicted molar refractivity (Wildman–Crippen MR) is 103 cm³/mol. The van der Waals surface area contributed by atoms with Crippen LogP contribution in [-0.2, 0) is 23.2 Å². The maximum Gasteiger partial charge on any atom is 0.418 e. The summed E-state index contributed by atoms with van der Waals surface area (Å²) in [6, 6.07) is 4.00. The number of aryl methyl sites for hydroxylation is 2. The van der Waals surface area contributed by atoms with E-state index in [-0.39, 0.29) is 36.9 Å². The van der Waals surface area contributed by atoms with Crippen LogP contribution < -0.4 is 5.32 Å². The number of imidazole rings is 1. The average molecular weight is 445 g/mol. The summed E-state index contributed by atoms with van der Waals surface area (Å²) >= 11 is 0. The molecular weight excluding hydrogens is 423 g/mol. The number of urea groups is 1. The van der Waals surface area contributed by atoms with Gasteiger partial charge in [0.05, 0.1) is 11.3 Å². The van der Waals surface area contributed by atoms with Crippen LogP contribution in [0.25, 0.3) is 0 Å². The van der Waals surface area contributed by atoms with Crippen LogP contribution in [0.4, 0.5) is 23.7 Å². The van der Waals surface area contributed by atoms with Crippen LogP contribution in [0.3, 0.4) is 0 Å². The number of amides is 2. The van der Waals surface area contributed by atoms with Crippen LogP contribution in [-0.4, -0.2) is 59.4 Å². The van der Waals surface area contributed by atoms with E-state index in [4.69, 9.17) is 0 Å². The highest BCUT2D eigenvalue weighted by molar-refractivity contribution is 7.89. The van der Waals surface area contributed by atoms with Crippen molar-refractivity contribution in [2.75, 3.05) is 31.5 Å². The Morgan fingerprint density at radius 2 is 1.83 bits per heavy atom. The molecule has 2 amide bonds. The monoisotopic (exact) mass is 445 g/mol. The lowest BCUT2D eigenvalue weighted by atomic mass is 10.1. The number of benzene rings is 1. The Morgan fingerprint density at radius 1 is 1.13 bits per heavy atom. The second kappa shape index (κ2) is 8.26. The number of para-hydroxylation sites is 1. The second-order valence-electron chi connectivity index (χ2n) is 6.96. The minimum Gasteiger partial charge on any atom is -0.337 e. The van der Waals surface area contributed by atoms with Gasteiger partial charge in [-0.05, 0) is 25.5 Å². The van der Waals surface area contributed by atoms with Crippen molar-refractivity contribution in [3.8, 4) is 0 Å². The molecule has 0 unspecified atom stereocenters. The number of anilines is 1. The zero-order chi connectivity index (χ0) is 22.1. The summed E-state index contributed by atoms with van der Waals surface area (Å²) in [7, 11) is -2.14. The van der Waals surface area contributed by atoms with E-state index in [0.29, 0.717) is 12.2 Å². The maximum atomic E-state index is 13.1. The van der Waals surface area contributed by atoms with Gasteiger partial charge >= 0.3 is 12.2 Å². The van der Waals surface area contributed by atoms with Crippen LogP contribution >= 0.6 is 0 Å². The highest BCUT2D eigenvalue weighted by Gasteiger charge is 2.34. The number of sulfonamides is 1. The number of aromatic nitrogens is 2. The van der Waals surface area contributed by atoms with Gasteiger partial charge in [-0.15, -0.1) is 0 Å². The molecule has 0 bridgehead atoms. The molecule has 1 aliphatic heterocycles. The van der Waals surface area contributed by atoms with Gasteiger partial charge in [0.1, 0.15) is 5.82 Å². The van der Waals surface area contributed by atoms with Gasteiger partial charge in [0.2, 0.25) is 0 Å². The highest BCUT2D eigenvalue weighted by atomic mass is 32.2. The molecule has 1 saturated heterocycles. The van der Waals surface area contributed by atoms with Gasteiger partial charge in [0.25, 0.3) is 10.0 Å². The van der Waals surface area contributed by atoms with E-state index in [9.17, 15) is 26.4 Å². The van der Waals surface area contributed by atoms with Gasteiger partial charge in [0.15, 0.2) is 5.03 Å². The zero-order valence-electron chi connectivity index (χ0n) is 16.5. The van der Waals surface area contributed by atoms with Crippen molar-refractivity contribution in [3.05, 3.63) is 41.9 Å². The van der Waals surface area contributed by atoms with Crippen LogP contribution in [0.1, 0.15) is 17.8 Å². The first-order valence-corrected chi connectivity index (χ1v) is 10.7. The lowest BCUT2D eigenvalue weighted by Gasteiger charge is -2.23. The first-order chi connectivity index (χ1) is 14.0. The van der Waals surface area contributed by atoms with Gasteiger partial charge in [-0.3, -0.25) is 0 Å². The molecule has 0 aliphatic carbocycles. The Kier molecular flexibility index (Phi) is 6.09. The number of carbonyl (C=O) groups is 1. The SMILES string of the molecule is Cc1nc(S(=O)(=O)N2CCCN(C(=O)Nc3ccccc3C(F)(F)F)CC2)cn1C. The first-order valence-electron chi connectivity index (χ1n) is 9.22. The number of halogens is 3. The van der Waals surface area contributed by atoms with E-state index in [1.165, 1.54) is 33.6 Å². The summed E-state index contributed by atoms with van der Waals surface area (Å²) < 4.78 is 67.9.